The molecule has 0 atom stereocenters. The lowest BCUT2D eigenvalue weighted by atomic mass is 9.85. The van der Waals surface area contributed by atoms with Crippen LogP contribution in [0.15, 0.2) is 194 Å². The van der Waals surface area contributed by atoms with Gasteiger partial charge in [0.1, 0.15) is 0 Å². The van der Waals surface area contributed by atoms with Gasteiger partial charge < -0.3 is 0 Å². The SMILES string of the molecule is CCCCc1ccc(C#Cc2ccc(C(=C(c3ccc(C#Cc4ccc(CCCC)cc4)cc3)c3ccc(C#Cc4ccc(CCCC)cc4)cc3)c3ccc(C#Cc4ccc(CCCC)cc4)cc3)cc2)cc1. The van der Waals surface area contributed by atoms with Crippen LogP contribution in [-0.4, -0.2) is 0 Å². The van der Waals surface area contributed by atoms with Crippen LogP contribution >= 0.6 is 0 Å². The van der Waals surface area contributed by atoms with Gasteiger partial charge in [-0.25, -0.2) is 0 Å². The quantitative estimate of drug-likeness (QED) is 0.0669. The van der Waals surface area contributed by atoms with Gasteiger partial charge in [-0.15, -0.1) is 0 Å². The van der Waals surface area contributed by atoms with E-state index in [2.05, 4.69) is 269 Å². The van der Waals surface area contributed by atoms with Crippen LogP contribution < -0.4 is 0 Å². The minimum Gasteiger partial charge on any atom is -0.0654 e. The van der Waals surface area contributed by atoms with Crippen LogP contribution in [-0.2, 0) is 25.7 Å². The molecule has 0 fully saturated rings. The van der Waals surface area contributed by atoms with E-state index in [-0.39, 0.29) is 0 Å². The molecule has 0 saturated heterocycles. The van der Waals surface area contributed by atoms with Crippen molar-refractivity contribution in [3.63, 3.8) is 0 Å². The van der Waals surface area contributed by atoms with E-state index in [0.717, 1.165) is 104 Å². The van der Waals surface area contributed by atoms with Crippen LogP contribution in [0.5, 0.6) is 0 Å². The topological polar surface area (TPSA) is 0 Å². The maximum Gasteiger partial charge on any atom is 0.0249 e. The molecule has 74 heavy (non-hydrogen) atoms. The second-order valence-electron chi connectivity index (χ2n) is 19.3. The smallest absolute Gasteiger partial charge is 0.0249 e. The maximum absolute atomic E-state index is 3.44. The molecule has 0 aliphatic rings. The van der Waals surface area contributed by atoms with Gasteiger partial charge in [0.2, 0.25) is 0 Å². The van der Waals surface area contributed by atoms with Crippen LogP contribution in [0.3, 0.4) is 0 Å². The van der Waals surface area contributed by atoms with Crippen molar-refractivity contribution >= 4 is 11.1 Å². The molecule has 0 heteroatoms. The summed E-state index contributed by atoms with van der Waals surface area (Å²) in [7, 11) is 0. The molecule has 0 unspecified atom stereocenters. The van der Waals surface area contributed by atoms with Gasteiger partial charge in [0, 0.05) is 44.5 Å². The first-order chi connectivity index (χ1) is 36.5. The van der Waals surface area contributed by atoms with Crippen LogP contribution in [0.4, 0.5) is 0 Å². The molecule has 0 aromatic heterocycles. The van der Waals surface area contributed by atoms with Gasteiger partial charge in [-0.1, -0.05) is 198 Å². The van der Waals surface area contributed by atoms with Crippen molar-refractivity contribution in [3.8, 4) is 47.4 Å². The fraction of sp³-hybridized carbons (Fsp3) is 0.216. The van der Waals surface area contributed by atoms with E-state index >= 15 is 0 Å². The second-order valence-corrected chi connectivity index (χ2v) is 19.3. The van der Waals surface area contributed by atoms with Gasteiger partial charge in [-0.3, -0.25) is 0 Å². The summed E-state index contributed by atoms with van der Waals surface area (Å²) in [5.41, 5.74) is 20.0. The third-order valence-corrected chi connectivity index (χ3v) is 13.4. The second kappa shape index (κ2) is 27.5. The molecular weight excluding hydrogens is 889 g/mol. The molecular formula is C74H68. The van der Waals surface area contributed by atoms with Crippen molar-refractivity contribution in [2.24, 2.45) is 0 Å². The van der Waals surface area contributed by atoms with Gasteiger partial charge in [0.15, 0.2) is 0 Å². The molecule has 0 radical (unpaired) electrons. The molecule has 8 aromatic rings. The molecule has 0 spiro atoms. The first-order valence-corrected chi connectivity index (χ1v) is 27.1. The Balaban J connectivity index is 1.19. The van der Waals surface area contributed by atoms with Gasteiger partial charge in [0.05, 0.1) is 0 Å². The number of hydrogen-bond donors (Lipinski definition) is 0. The summed E-state index contributed by atoms with van der Waals surface area (Å²) in [5, 5.41) is 0. The Kier molecular flexibility index (Phi) is 19.4. The Bertz CT molecular complexity index is 2870. The van der Waals surface area contributed by atoms with E-state index in [1.165, 1.54) is 73.6 Å². The van der Waals surface area contributed by atoms with Crippen molar-refractivity contribution in [1.29, 1.82) is 0 Å². The molecule has 0 aliphatic heterocycles. The predicted octanol–water partition coefficient (Wildman–Crippen LogP) is 17.7. The molecule has 0 bridgehead atoms. The van der Waals surface area contributed by atoms with E-state index in [9.17, 15) is 0 Å². The molecule has 0 saturated carbocycles. The molecule has 0 amide bonds. The van der Waals surface area contributed by atoms with E-state index in [1.54, 1.807) is 0 Å². The highest BCUT2D eigenvalue weighted by molar-refractivity contribution is 6.04. The zero-order valence-corrected chi connectivity index (χ0v) is 44.0. The van der Waals surface area contributed by atoms with Crippen LogP contribution in [0.25, 0.3) is 11.1 Å². The highest BCUT2D eigenvalue weighted by Crippen LogP contribution is 2.37. The normalized spacial score (nSPS) is 10.4. The van der Waals surface area contributed by atoms with Crippen LogP contribution in [0.1, 0.15) is 168 Å². The summed E-state index contributed by atoms with van der Waals surface area (Å²) in [6, 6.07) is 69.7. The van der Waals surface area contributed by atoms with Gasteiger partial charge >= 0.3 is 0 Å². The minimum atomic E-state index is 0.964. The molecule has 364 valence electrons. The average molecular weight is 957 g/mol. The largest absolute Gasteiger partial charge is 0.0654 e. The Hall–Kier alpha value is -8.26. The number of unbranched alkanes of at least 4 members (excludes halogenated alkanes) is 4. The summed E-state index contributed by atoms with van der Waals surface area (Å²) in [5.74, 6) is 27.4. The van der Waals surface area contributed by atoms with Crippen LogP contribution in [0.2, 0.25) is 0 Å². The third kappa shape index (κ3) is 15.4. The first-order valence-electron chi connectivity index (χ1n) is 27.1. The van der Waals surface area contributed by atoms with E-state index in [1.807, 2.05) is 0 Å². The fourth-order valence-corrected chi connectivity index (χ4v) is 8.91. The Morgan fingerprint density at radius 1 is 0.216 bits per heavy atom. The number of hydrogen-bond acceptors (Lipinski definition) is 0. The highest BCUT2D eigenvalue weighted by Gasteiger charge is 2.17. The zero-order chi connectivity index (χ0) is 51.2. The summed E-state index contributed by atoms with van der Waals surface area (Å²) >= 11 is 0. The molecule has 0 N–H and O–H groups in total. The van der Waals surface area contributed by atoms with Crippen molar-refractivity contribution < 1.29 is 0 Å². The Morgan fingerprint density at radius 2 is 0.365 bits per heavy atom. The van der Waals surface area contributed by atoms with E-state index in [4.69, 9.17) is 0 Å². The van der Waals surface area contributed by atoms with Crippen molar-refractivity contribution in [1.82, 2.24) is 0 Å². The predicted molar refractivity (Wildman–Crippen MR) is 315 cm³/mol. The standard InChI is InChI=1S/C74H68/c1-5-9-13-57-17-25-61(26-18-57)33-37-65-41-49-69(50-42-65)73(70-51-43-66(44-52-70)38-34-62-27-19-58(20-28-62)14-10-6-2)74(71-53-45-67(46-54-71)39-35-63-29-21-59(22-30-63)15-11-7-3)72-55-47-68(48-56-72)40-36-64-31-23-60(24-32-64)16-12-8-4/h17-32,41-56H,5-16H2,1-4H3. The number of rotatable bonds is 16. The molecule has 8 aromatic carbocycles. The molecule has 0 heterocycles. The molecule has 8 rings (SSSR count). The van der Waals surface area contributed by atoms with Gasteiger partial charge in [0.25, 0.3) is 0 Å². The maximum atomic E-state index is 3.44. The highest BCUT2D eigenvalue weighted by atomic mass is 14.2. The molecule has 0 nitrogen and oxygen atoms in total. The number of benzene rings is 8. The third-order valence-electron chi connectivity index (χ3n) is 13.4. The van der Waals surface area contributed by atoms with Gasteiger partial charge in [-0.2, -0.15) is 0 Å². The average Bonchev–Trinajstić information content (AvgIpc) is 3.46. The summed E-state index contributed by atoms with van der Waals surface area (Å²) < 4.78 is 0. The van der Waals surface area contributed by atoms with E-state index < -0.39 is 0 Å². The van der Waals surface area contributed by atoms with Crippen LogP contribution in [0, 0.1) is 47.4 Å². The lowest BCUT2D eigenvalue weighted by molar-refractivity contribution is 0.795. The Morgan fingerprint density at radius 3 is 0.514 bits per heavy atom. The monoisotopic (exact) mass is 957 g/mol. The van der Waals surface area contributed by atoms with E-state index in [0.29, 0.717) is 0 Å². The fourth-order valence-electron chi connectivity index (χ4n) is 8.91. The van der Waals surface area contributed by atoms with Gasteiger partial charge in [-0.05, 0) is 204 Å². The van der Waals surface area contributed by atoms with Crippen molar-refractivity contribution in [2.75, 3.05) is 0 Å². The first kappa shape index (κ1) is 52.1. The lowest BCUT2D eigenvalue weighted by Crippen LogP contribution is -1.98. The summed E-state index contributed by atoms with van der Waals surface area (Å²) in [6.45, 7) is 8.94. The minimum absolute atomic E-state index is 0.964. The van der Waals surface area contributed by atoms with Crippen molar-refractivity contribution in [2.45, 2.75) is 105 Å². The zero-order valence-electron chi connectivity index (χ0n) is 44.0. The molecule has 0 aliphatic carbocycles. The number of aryl methyl sites for hydroxylation is 4. The van der Waals surface area contributed by atoms with Crippen molar-refractivity contribution in [3.05, 3.63) is 283 Å². The lowest BCUT2D eigenvalue weighted by Gasteiger charge is -2.18. The Labute approximate surface area is 444 Å². The summed E-state index contributed by atoms with van der Waals surface area (Å²) in [4.78, 5) is 0. The summed E-state index contributed by atoms with van der Waals surface area (Å²) in [6.07, 6.45) is 14.0.